The minimum absolute atomic E-state index is 0. The lowest BCUT2D eigenvalue weighted by molar-refractivity contribution is -0.157. The third kappa shape index (κ3) is 11.8. The van der Waals surface area contributed by atoms with E-state index in [0.29, 0.717) is 11.5 Å². The lowest BCUT2D eigenvalue weighted by Gasteiger charge is -2.27. The van der Waals surface area contributed by atoms with Crippen LogP contribution >= 0.6 is 0 Å². The lowest BCUT2D eigenvalue weighted by Crippen LogP contribution is -2.32. The van der Waals surface area contributed by atoms with Crippen LogP contribution in [0.15, 0.2) is 72.2 Å². The zero-order valence-corrected chi connectivity index (χ0v) is 22.9. The van der Waals surface area contributed by atoms with Gasteiger partial charge < -0.3 is 19.0 Å². The number of ether oxygens (including phenoxy) is 2. The van der Waals surface area contributed by atoms with Gasteiger partial charge in [-0.3, -0.25) is 9.59 Å². The van der Waals surface area contributed by atoms with Gasteiger partial charge in [0.1, 0.15) is 6.29 Å². The van der Waals surface area contributed by atoms with Crippen LogP contribution < -0.4 is 0 Å². The Morgan fingerprint density at radius 1 is 0.941 bits per heavy atom. The number of carbonyl (C=O) groups excluding carboxylic acids is 2. The first kappa shape index (κ1) is 31.1. The Kier molecular flexibility index (Phi) is 13.8. The van der Waals surface area contributed by atoms with Crippen molar-refractivity contribution >= 4 is 20.6 Å². The molecule has 0 aliphatic rings. The first-order chi connectivity index (χ1) is 15.8. The van der Waals surface area contributed by atoms with E-state index in [4.69, 9.17) is 9.16 Å². The van der Waals surface area contributed by atoms with E-state index in [1.807, 2.05) is 50.2 Å². The van der Waals surface area contributed by atoms with E-state index in [1.54, 1.807) is 45.2 Å². The molecule has 0 bridgehead atoms. The molecule has 2 rings (SSSR count). The SMILES string of the molecule is COC(=O)C(C)(C)C(O)c1ccccc1.COC(O[Si](C)(C)C)=C(C)C.O=Cc1ccccc1.[H+]. The molecule has 0 saturated heterocycles. The standard InChI is InChI=1S/C12H16O3.C8H18O2Si.C7H6O/c1-12(2,11(14)15-3)10(13)9-7-5-4-6-8-9;1-7(2)8(9-3)10-11(4,5)6;8-6-7-4-2-1-3-5-7/h4-8,10,13H,1-3H3;1-6H3;1-6H/p+1. The van der Waals surface area contributed by atoms with Crippen molar-refractivity contribution in [1.29, 1.82) is 0 Å². The van der Waals surface area contributed by atoms with Gasteiger partial charge in [0.15, 0.2) is 0 Å². The van der Waals surface area contributed by atoms with Crippen molar-refractivity contribution < 1.29 is 30.0 Å². The first-order valence-corrected chi connectivity index (χ1v) is 14.4. The van der Waals surface area contributed by atoms with Crippen molar-refractivity contribution in [3.8, 4) is 0 Å². The summed E-state index contributed by atoms with van der Waals surface area (Å²) < 4.78 is 15.4. The molecule has 2 aromatic rings. The number of aliphatic hydroxyl groups excluding tert-OH is 1. The van der Waals surface area contributed by atoms with E-state index in [2.05, 4.69) is 24.4 Å². The summed E-state index contributed by atoms with van der Waals surface area (Å²) in [6.45, 7) is 13.7. The highest BCUT2D eigenvalue weighted by Gasteiger charge is 2.37. The summed E-state index contributed by atoms with van der Waals surface area (Å²) in [5.74, 6) is 0.267. The van der Waals surface area contributed by atoms with Gasteiger partial charge in [-0.05, 0) is 52.9 Å². The maximum absolute atomic E-state index is 11.5. The number of esters is 1. The van der Waals surface area contributed by atoms with Crippen molar-refractivity contribution in [2.75, 3.05) is 14.2 Å². The summed E-state index contributed by atoms with van der Waals surface area (Å²) in [7, 11) is 1.48. The van der Waals surface area contributed by atoms with E-state index in [1.165, 1.54) is 7.11 Å². The molecule has 1 unspecified atom stereocenters. The van der Waals surface area contributed by atoms with Crippen LogP contribution in [0.4, 0.5) is 0 Å². The van der Waals surface area contributed by atoms with Gasteiger partial charge in [-0.25, -0.2) is 0 Å². The van der Waals surface area contributed by atoms with Crippen molar-refractivity contribution in [3.05, 3.63) is 83.3 Å². The lowest BCUT2D eigenvalue weighted by atomic mass is 9.83. The maximum Gasteiger partial charge on any atom is 1.00 e. The molecule has 0 spiro atoms. The van der Waals surface area contributed by atoms with Gasteiger partial charge >= 0.3 is 7.40 Å². The highest BCUT2D eigenvalue weighted by molar-refractivity contribution is 6.70. The van der Waals surface area contributed by atoms with E-state index < -0.39 is 25.8 Å². The number of aldehydes is 1. The number of allylic oxidation sites excluding steroid dienone is 1. The van der Waals surface area contributed by atoms with Gasteiger partial charge in [-0.15, -0.1) is 0 Å². The molecule has 2 aromatic carbocycles. The average molecular weight is 490 g/mol. The monoisotopic (exact) mass is 489 g/mol. The van der Waals surface area contributed by atoms with Crippen molar-refractivity contribution in [2.24, 2.45) is 5.41 Å². The quantitative estimate of drug-likeness (QED) is 0.214. The number of aliphatic hydroxyl groups is 1. The van der Waals surface area contributed by atoms with Gasteiger partial charge in [0.2, 0.25) is 8.32 Å². The topological polar surface area (TPSA) is 82.1 Å². The molecule has 0 heterocycles. The third-order valence-corrected chi connectivity index (χ3v) is 5.24. The van der Waals surface area contributed by atoms with Crippen LogP contribution in [0.5, 0.6) is 0 Å². The molecule has 0 fully saturated rings. The third-order valence-electron chi connectivity index (χ3n) is 4.44. The fourth-order valence-electron chi connectivity index (χ4n) is 2.58. The fourth-order valence-corrected chi connectivity index (χ4v) is 3.43. The summed E-state index contributed by atoms with van der Waals surface area (Å²) >= 11 is 0. The fraction of sp³-hybridized carbons (Fsp3) is 0.407. The van der Waals surface area contributed by atoms with Gasteiger partial charge in [0.05, 0.1) is 25.7 Å². The van der Waals surface area contributed by atoms with Crippen LogP contribution in [-0.4, -0.2) is 39.9 Å². The van der Waals surface area contributed by atoms with E-state index >= 15 is 0 Å². The molecule has 34 heavy (non-hydrogen) atoms. The van der Waals surface area contributed by atoms with Crippen LogP contribution in [0.2, 0.25) is 19.6 Å². The average Bonchev–Trinajstić information content (AvgIpc) is 2.82. The second-order valence-electron chi connectivity index (χ2n) is 9.26. The van der Waals surface area contributed by atoms with E-state index in [-0.39, 0.29) is 1.43 Å². The predicted octanol–water partition coefficient (Wildman–Crippen LogP) is 6.27. The molecular weight excluding hydrogens is 448 g/mol. The largest absolute Gasteiger partial charge is 1.00 e. The predicted molar refractivity (Wildman–Crippen MR) is 140 cm³/mol. The number of carbonyl (C=O) groups is 2. The number of hydrogen-bond acceptors (Lipinski definition) is 6. The highest BCUT2D eigenvalue weighted by Crippen LogP contribution is 2.34. The van der Waals surface area contributed by atoms with Gasteiger partial charge in [0, 0.05) is 11.1 Å². The van der Waals surface area contributed by atoms with Crippen molar-refractivity contribution in [3.63, 3.8) is 0 Å². The number of benzene rings is 2. The molecule has 0 radical (unpaired) electrons. The maximum atomic E-state index is 11.5. The Bertz CT molecular complexity index is 889. The molecule has 0 aromatic heterocycles. The van der Waals surface area contributed by atoms with Gasteiger partial charge in [-0.2, -0.15) is 0 Å². The number of hydrogen-bond donors (Lipinski definition) is 1. The zero-order valence-electron chi connectivity index (χ0n) is 22.9. The molecule has 0 amide bonds. The second-order valence-corrected chi connectivity index (χ2v) is 13.7. The van der Waals surface area contributed by atoms with Crippen LogP contribution in [0.3, 0.4) is 0 Å². The zero-order chi connectivity index (χ0) is 26.4. The Morgan fingerprint density at radius 2 is 1.41 bits per heavy atom. The van der Waals surface area contributed by atoms with Crippen LogP contribution in [-0.2, 0) is 18.7 Å². The molecular formula is C27H41O6Si+. The molecule has 6 nitrogen and oxygen atoms in total. The first-order valence-electron chi connectivity index (χ1n) is 11.0. The van der Waals surface area contributed by atoms with E-state index in [9.17, 15) is 14.7 Å². The summed E-state index contributed by atoms with van der Waals surface area (Å²) in [4.78, 5) is 21.5. The Labute approximate surface area is 207 Å². The van der Waals surface area contributed by atoms with Crippen LogP contribution in [0.1, 0.15) is 51.1 Å². The Morgan fingerprint density at radius 3 is 1.71 bits per heavy atom. The molecule has 1 atom stereocenters. The Hall–Kier alpha value is -2.90. The van der Waals surface area contributed by atoms with Gasteiger partial charge in [-0.1, -0.05) is 60.7 Å². The highest BCUT2D eigenvalue weighted by atomic mass is 28.4. The van der Waals surface area contributed by atoms with Crippen LogP contribution in [0.25, 0.3) is 0 Å². The molecule has 7 heteroatoms. The smallest absolute Gasteiger partial charge is 0.520 e. The summed E-state index contributed by atoms with van der Waals surface area (Å²) in [5.41, 5.74) is 1.60. The van der Waals surface area contributed by atoms with Crippen molar-refractivity contribution in [1.82, 2.24) is 0 Å². The Balaban J connectivity index is 0. The number of methoxy groups -OCH3 is 2. The molecule has 0 aliphatic carbocycles. The minimum Gasteiger partial charge on any atom is -0.520 e. The van der Waals surface area contributed by atoms with Crippen LogP contribution in [0, 0.1) is 5.41 Å². The molecule has 188 valence electrons. The number of rotatable bonds is 7. The molecule has 1 N–H and O–H groups in total. The molecule has 0 aliphatic heterocycles. The summed E-state index contributed by atoms with van der Waals surface area (Å²) in [5, 5.41) is 10.0. The van der Waals surface area contributed by atoms with Gasteiger partial charge in [0.25, 0.3) is 5.95 Å². The second kappa shape index (κ2) is 15.1. The normalized spacial score (nSPS) is 11.4. The summed E-state index contributed by atoms with van der Waals surface area (Å²) in [6.07, 6.45) is -0.0221. The van der Waals surface area contributed by atoms with Crippen molar-refractivity contribution in [2.45, 2.75) is 53.4 Å². The van der Waals surface area contributed by atoms with E-state index in [0.717, 1.165) is 17.4 Å². The minimum atomic E-state index is -1.49. The molecule has 0 saturated carbocycles. The summed E-state index contributed by atoms with van der Waals surface area (Å²) in [6, 6.07) is 18.2.